The molecule has 0 aliphatic heterocycles. The zero-order valence-electron chi connectivity index (χ0n) is 8.34. The predicted octanol–water partition coefficient (Wildman–Crippen LogP) is -1.95. The fraction of sp³-hybridized carbons (Fsp3) is 0.857. The standard InChI is InChI=1S/C7H17O2Si.ClH.Mg/c1-6(2)8-10(5)9-7(3)4;;/h6-7,10H,5H2,1-4H3;1H;/q-1;;+2/p-1. The molecule has 0 saturated heterocycles. The topological polar surface area (TPSA) is 18.5 Å². The summed E-state index contributed by atoms with van der Waals surface area (Å²) in [4.78, 5) is 0. The minimum atomic E-state index is -1.57. The normalized spacial score (nSPS) is 10.0. The summed E-state index contributed by atoms with van der Waals surface area (Å²) >= 11 is 0. The minimum absolute atomic E-state index is 0. The van der Waals surface area contributed by atoms with Crippen LogP contribution in [-0.2, 0) is 8.85 Å². The van der Waals surface area contributed by atoms with E-state index in [9.17, 15) is 0 Å². The Morgan fingerprint density at radius 1 is 1.00 bits per heavy atom. The van der Waals surface area contributed by atoms with Crippen LogP contribution < -0.4 is 12.4 Å². The second kappa shape index (κ2) is 10.3. The Hall–Kier alpha value is 1.19. The van der Waals surface area contributed by atoms with Gasteiger partial charge in [0.2, 0.25) is 0 Å². The Bertz CT molecular complexity index is 83.5. The molecule has 0 atom stereocenters. The van der Waals surface area contributed by atoms with Gasteiger partial charge in [-0.25, -0.2) is 0 Å². The van der Waals surface area contributed by atoms with E-state index in [1.165, 1.54) is 0 Å². The SMILES string of the molecule is [CH2-][SiH](OC(C)C)OC(C)C.[Cl-].[Mg+2]. The van der Waals surface area contributed by atoms with E-state index in [4.69, 9.17) is 8.85 Å². The first-order chi connectivity index (χ1) is 4.52. The first-order valence-electron chi connectivity index (χ1n) is 3.66. The van der Waals surface area contributed by atoms with E-state index in [0.29, 0.717) is 0 Å². The van der Waals surface area contributed by atoms with Crippen molar-refractivity contribution in [2.24, 2.45) is 0 Å². The first kappa shape index (κ1) is 18.9. The average Bonchev–Trinajstić information content (AvgIpc) is 1.58. The van der Waals surface area contributed by atoms with Crippen molar-refractivity contribution >= 4 is 32.3 Å². The number of hydrogen-bond donors (Lipinski definition) is 0. The van der Waals surface area contributed by atoms with Crippen LogP contribution in [0.15, 0.2) is 0 Å². The molecule has 0 heterocycles. The Kier molecular flexibility index (Phi) is 16.2. The van der Waals surface area contributed by atoms with Gasteiger partial charge in [0, 0.05) is 12.2 Å². The van der Waals surface area contributed by atoms with Crippen molar-refractivity contribution in [2.45, 2.75) is 39.9 Å². The maximum Gasteiger partial charge on any atom is 2.00 e. The number of hydrogen-bond acceptors (Lipinski definition) is 2. The van der Waals surface area contributed by atoms with E-state index in [0.717, 1.165) is 0 Å². The molecule has 0 unspecified atom stereocenters. The van der Waals surface area contributed by atoms with Gasteiger partial charge < -0.3 is 21.3 Å². The molecule has 0 aromatic heterocycles. The molecular weight excluding hydrogens is 204 g/mol. The molecular formula is C7H17ClMgO2Si. The first-order valence-corrected chi connectivity index (χ1v) is 5.42. The molecule has 5 heteroatoms. The molecule has 12 heavy (non-hydrogen) atoms. The van der Waals surface area contributed by atoms with Crippen LogP contribution in [0.25, 0.3) is 0 Å². The van der Waals surface area contributed by atoms with E-state index >= 15 is 0 Å². The van der Waals surface area contributed by atoms with Gasteiger partial charge in [-0.05, 0) is 27.7 Å². The van der Waals surface area contributed by atoms with Gasteiger partial charge in [0.25, 0.3) is 0 Å². The van der Waals surface area contributed by atoms with E-state index in [1.54, 1.807) is 0 Å². The quantitative estimate of drug-likeness (QED) is 0.406. The van der Waals surface area contributed by atoms with Gasteiger partial charge in [-0.3, -0.25) is 6.55 Å². The summed E-state index contributed by atoms with van der Waals surface area (Å²) in [6.45, 7) is 11.8. The van der Waals surface area contributed by atoms with Crippen LogP contribution in [0.5, 0.6) is 0 Å². The van der Waals surface area contributed by atoms with Gasteiger partial charge in [0.1, 0.15) is 0 Å². The van der Waals surface area contributed by atoms with Gasteiger partial charge in [-0.15, -0.1) is 0 Å². The van der Waals surface area contributed by atoms with Crippen LogP contribution in [0.1, 0.15) is 27.7 Å². The molecule has 0 aliphatic rings. The molecule has 0 spiro atoms. The van der Waals surface area contributed by atoms with Crippen LogP contribution in [0.3, 0.4) is 0 Å². The van der Waals surface area contributed by atoms with Gasteiger partial charge in [-0.1, -0.05) is 0 Å². The third kappa shape index (κ3) is 13.8. The molecule has 0 aliphatic carbocycles. The molecule has 2 nitrogen and oxygen atoms in total. The Balaban J connectivity index is -0.000000405. The third-order valence-corrected chi connectivity index (χ3v) is 2.54. The van der Waals surface area contributed by atoms with Crippen molar-refractivity contribution in [3.05, 3.63) is 6.55 Å². The largest absolute Gasteiger partial charge is 2.00 e. The summed E-state index contributed by atoms with van der Waals surface area (Å²) < 4.78 is 10.7. The summed E-state index contributed by atoms with van der Waals surface area (Å²) in [6, 6.07) is 0. The summed E-state index contributed by atoms with van der Waals surface area (Å²) in [5, 5.41) is 0. The second-order valence-corrected chi connectivity index (χ2v) is 4.20. The molecule has 0 radical (unpaired) electrons. The average molecular weight is 221 g/mol. The smallest absolute Gasteiger partial charge is 1.00 e. The zero-order valence-corrected chi connectivity index (χ0v) is 11.7. The Labute approximate surface area is 99.8 Å². The minimum Gasteiger partial charge on any atom is -1.00 e. The molecule has 0 fully saturated rings. The maximum atomic E-state index is 5.37. The van der Waals surface area contributed by atoms with Crippen molar-refractivity contribution in [3.8, 4) is 0 Å². The molecule has 0 aromatic carbocycles. The van der Waals surface area contributed by atoms with Crippen LogP contribution in [0.4, 0.5) is 0 Å². The van der Waals surface area contributed by atoms with Crippen LogP contribution in [0, 0.1) is 6.55 Å². The Morgan fingerprint density at radius 2 is 1.25 bits per heavy atom. The van der Waals surface area contributed by atoms with Crippen molar-refractivity contribution in [3.63, 3.8) is 0 Å². The van der Waals surface area contributed by atoms with E-state index in [2.05, 4.69) is 6.55 Å². The van der Waals surface area contributed by atoms with Crippen molar-refractivity contribution in [2.75, 3.05) is 0 Å². The molecule has 70 valence electrons. The molecule has 0 rings (SSSR count). The van der Waals surface area contributed by atoms with Gasteiger partial charge >= 0.3 is 23.1 Å². The fourth-order valence-electron chi connectivity index (χ4n) is 0.639. The van der Waals surface area contributed by atoms with Crippen LogP contribution >= 0.6 is 0 Å². The van der Waals surface area contributed by atoms with Crippen LogP contribution in [-0.4, -0.2) is 44.5 Å². The van der Waals surface area contributed by atoms with Crippen molar-refractivity contribution in [1.29, 1.82) is 0 Å². The summed E-state index contributed by atoms with van der Waals surface area (Å²) in [5.74, 6) is 0. The fourth-order valence-corrected chi connectivity index (χ4v) is 1.92. The molecule has 0 aromatic rings. The molecule has 0 saturated carbocycles. The molecule has 0 N–H and O–H groups in total. The maximum absolute atomic E-state index is 5.37. The molecule has 0 bridgehead atoms. The number of halogens is 1. The van der Waals surface area contributed by atoms with Crippen molar-refractivity contribution < 1.29 is 21.3 Å². The second-order valence-electron chi connectivity index (χ2n) is 2.80. The zero-order chi connectivity index (χ0) is 8.15. The third-order valence-electron chi connectivity index (χ3n) is 0.848. The monoisotopic (exact) mass is 220 g/mol. The van der Waals surface area contributed by atoms with E-state index in [-0.39, 0.29) is 47.7 Å². The molecule has 0 amide bonds. The summed E-state index contributed by atoms with van der Waals surface area (Å²) in [5.41, 5.74) is 0. The van der Waals surface area contributed by atoms with Crippen molar-refractivity contribution in [1.82, 2.24) is 0 Å². The van der Waals surface area contributed by atoms with E-state index < -0.39 is 9.28 Å². The van der Waals surface area contributed by atoms with Gasteiger partial charge in [0.05, 0.1) is 0 Å². The summed E-state index contributed by atoms with van der Waals surface area (Å²) in [7, 11) is -1.57. The van der Waals surface area contributed by atoms with Gasteiger partial charge in [-0.2, -0.15) is 0 Å². The predicted molar refractivity (Wildman–Crippen MR) is 50.7 cm³/mol. The van der Waals surface area contributed by atoms with Gasteiger partial charge in [0.15, 0.2) is 9.28 Å². The van der Waals surface area contributed by atoms with Crippen LogP contribution in [0.2, 0.25) is 0 Å². The summed E-state index contributed by atoms with van der Waals surface area (Å²) in [6.07, 6.45) is 0.487. The number of rotatable bonds is 4. The van der Waals surface area contributed by atoms with E-state index in [1.807, 2.05) is 27.7 Å². The Morgan fingerprint density at radius 3 is 1.42 bits per heavy atom.